The number of rotatable bonds is 0. The van der Waals surface area contributed by atoms with Gasteiger partial charge in [0.2, 0.25) is 0 Å². The molecule has 4 rings (SSSR count). The van der Waals surface area contributed by atoms with Crippen LogP contribution in [0.4, 0.5) is 0 Å². The largest absolute Gasteiger partial charge is 0.412 e. The first-order chi connectivity index (χ1) is 10.8. The third kappa shape index (κ3) is 1.97. The average molecular weight is 334 g/mol. The Morgan fingerprint density at radius 3 is 2.50 bits per heavy atom. The van der Waals surface area contributed by atoms with Crippen LogP contribution in [0.5, 0.6) is 0 Å². The Bertz CT molecular complexity index is 650. The molecule has 0 aromatic carbocycles. The fraction of sp³-hybridized carbons (Fsp3) is 0.737. The zero-order valence-electron chi connectivity index (χ0n) is 14.3. The maximum absolute atomic E-state index is 12.7. The van der Waals surface area contributed by atoms with Crippen LogP contribution in [-0.2, 0) is 14.4 Å². The summed E-state index contributed by atoms with van der Waals surface area (Å²) in [7, 11) is 0. The van der Waals surface area contributed by atoms with Gasteiger partial charge in [0.1, 0.15) is 5.78 Å². The molecule has 3 N–H and O–H groups in total. The molecule has 5 nitrogen and oxygen atoms in total. The Morgan fingerprint density at radius 2 is 1.79 bits per heavy atom. The minimum atomic E-state index is -0.784. The van der Waals surface area contributed by atoms with E-state index in [0.29, 0.717) is 24.2 Å². The van der Waals surface area contributed by atoms with Crippen molar-refractivity contribution in [1.82, 2.24) is 0 Å². The second-order valence-corrected chi connectivity index (χ2v) is 8.45. The highest BCUT2D eigenvalue weighted by Crippen LogP contribution is 2.63. The standard InChI is InChI=1S/C19H24O4.H2O/c1-18-6-5-13-11(12(18)3-4-16(18)22)9-15(21)14-7-10(20)8-17(23)19(13,14)2;/h7,11-13,17,23H,3-6,8-9H2,1-2H3;1H2/t11-,12-,13-,17?,18-,19+;/m0./s1. The molecule has 5 heteroatoms. The molecule has 0 aromatic heterocycles. The van der Waals surface area contributed by atoms with Crippen molar-refractivity contribution in [2.75, 3.05) is 0 Å². The topological polar surface area (TPSA) is 103 Å². The predicted molar refractivity (Wildman–Crippen MR) is 87.1 cm³/mol. The number of hydrogen-bond donors (Lipinski definition) is 1. The summed E-state index contributed by atoms with van der Waals surface area (Å²) < 4.78 is 0. The summed E-state index contributed by atoms with van der Waals surface area (Å²) in [4.78, 5) is 36.9. The molecule has 24 heavy (non-hydrogen) atoms. The van der Waals surface area contributed by atoms with Crippen LogP contribution in [-0.4, -0.2) is 34.0 Å². The highest BCUT2D eigenvalue weighted by atomic mass is 16.3. The summed E-state index contributed by atoms with van der Waals surface area (Å²) in [5, 5.41) is 10.7. The van der Waals surface area contributed by atoms with Gasteiger partial charge < -0.3 is 10.6 Å². The molecular weight excluding hydrogens is 308 g/mol. The van der Waals surface area contributed by atoms with Crippen LogP contribution in [0.3, 0.4) is 0 Å². The lowest BCUT2D eigenvalue weighted by molar-refractivity contribution is -0.145. The summed E-state index contributed by atoms with van der Waals surface area (Å²) in [6.07, 6.45) is 4.43. The molecule has 4 aliphatic rings. The Morgan fingerprint density at radius 1 is 1.08 bits per heavy atom. The van der Waals surface area contributed by atoms with Crippen LogP contribution in [0.1, 0.15) is 52.4 Å². The van der Waals surface area contributed by atoms with Crippen molar-refractivity contribution in [3.8, 4) is 0 Å². The third-order valence-electron chi connectivity index (χ3n) is 7.61. The molecule has 0 aromatic rings. The van der Waals surface area contributed by atoms with Crippen molar-refractivity contribution in [2.24, 2.45) is 28.6 Å². The highest BCUT2D eigenvalue weighted by Gasteiger charge is 2.62. The maximum Gasteiger partial charge on any atom is 0.159 e. The summed E-state index contributed by atoms with van der Waals surface area (Å²) in [6, 6.07) is 0. The van der Waals surface area contributed by atoms with Crippen molar-refractivity contribution < 1.29 is 25.0 Å². The monoisotopic (exact) mass is 334 g/mol. The van der Waals surface area contributed by atoms with E-state index >= 15 is 0 Å². The molecule has 3 fully saturated rings. The Kier molecular flexibility index (Phi) is 3.89. The molecule has 1 unspecified atom stereocenters. The normalized spacial score (nSPS) is 47.3. The lowest BCUT2D eigenvalue weighted by atomic mass is 9.46. The molecule has 0 amide bonds. The number of fused-ring (bicyclic) bond motifs is 5. The zero-order chi connectivity index (χ0) is 16.6. The van der Waals surface area contributed by atoms with E-state index in [-0.39, 0.29) is 46.6 Å². The van der Waals surface area contributed by atoms with Crippen molar-refractivity contribution in [2.45, 2.75) is 58.5 Å². The second-order valence-electron chi connectivity index (χ2n) is 8.45. The van der Waals surface area contributed by atoms with Crippen LogP contribution < -0.4 is 0 Å². The van der Waals surface area contributed by atoms with Crippen molar-refractivity contribution >= 4 is 17.3 Å². The fourth-order valence-corrected chi connectivity index (χ4v) is 6.20. The van der Waals surface area contributed by atoms with Gasteiger partial charge in [-0.15, -0.1) is 0 Å². The van der Waals surface area contributed by atoms with Crippen molar-refractivity contribution in [1.29, 1.82) is 0 Å². The van der Waals surface area contributed by atoms with Crippen LogP contribution in [0.2, 0.25) is 0 Å². The number of Topliss-reactive ketones (excluding diaryl/α,β-unsaturated/α-hetero) is 2. The highest BCUT2D eigenvalue weighted by molar-refractivity contribution is 6.06. The lowest BCUT2D eigenvalue weighted by Gasteiger charge is -2.57. The van der Waals surface area contributed by atoms with Gasteiger partial charge >= 0.3 is 0 Å². The smallest absolute Gasteiger partial charge is 0.159 e. The lowest BCUT2D eigenvalue weighted by Crippen LogP contribution is -2.57. The molecule has 0 heterocycles. The average Bonchev–Trinajstić information content (AvgIpc) is 2.78. The number of ketones is 3. The summed E-state index contributed by atoms with van der Waals surface area (Å²) in [6.45, 7) is 4.03. The summed E-state index contributed by atoms with van der Waals surface area (Å²) in [5.41, 5.74) is -0.370. The van der Waals surface area contributed by atoms with E-state index in [1.54, 1.807) is 0 Å². The van der Waals surface area contributed by atoms with Gasteiger partial charge in [0.15, 0.2) is 11.6 Å². The SMILES string of the molecule is C[C@]12CC[C@H]3[C@@H](CC(=O)C4=CC(=O)CC(O)[C@@]43C)[C@@H]1CCC2=O.O. The molecule has 3 saturated carbocycles. The van der Waals surface area contributed by atoms with Gasteiger partial charge in [0.25, 0.3) is 0 Å². The number of carbonyl (C=O) groups excluding carboxylic acids is 3. The van der Waals surface area contributed by atoms with Crippen molar-refractivity contribution in [3.05, 3.63) is 11.6 Å². The summed E-state index contributed by atoms with van der Waals surface area (Å²) >= 11 is 0. The van der Waals surface area contributed by atoms with Crippen LogP contribution in [0.25, 0.3) is 0 Å². The number of aliphatic hydroxyl groups is 1. The van der Waals surface area contributed by atoms with E-state index in [1.165, 1.54) is 6.08 Å². The summed E-state index contributed by atoms with van der Waals surface area (Å²) in [5.74, 6) is 0.814. The van der Waals surface area contributed by atoms with Gasteiger partial charge in [-0.2, -0.15) is 0 Å². The van der Waals surface area contributed by atoms with Crippen LogP contribution in [0, 0.1) is 28.6 Å². The Hall–Kier alpha value is -1.33. The molecule has 0 saturated heterocycles. The third-order valence-corrected chi connectivity index (χ3v) is 7.61. The first-order valence-electron chi connectivity index (χ1n) is 8.78. The van der Waals surface area contributed by atoms with E-state index < -0.39 is 11.5 Å². The zero-order valence-corrected chi connectivity index (χ0v) is 14.3. The number of carbonyl (C=O) groups is 3. The molecular formula is C19H26O5. The van der Waals surface area contributed by atoms with Crippen LogP contribution >= 0.6 is 0 Å². The van der Waals surface area contributed by atoms with Gasteiger partial charge in [-0.1, -0.05) is 13.8 Å². The maximum atomic E-state index is 12.7. The molecule has 0 aliphatic heterocycles. The van der Waals surface area contributed by atoms with E-state index in [9.17, 15) is 19.5 Å². The fourth-order valence-electron chi connectivity index (χ4n) is 6.20. The molecule has 4 aliphatic carbocycles. The number of hydrogen-bond acceptors (Lipinski definition) is 4. The van der Waals surface area contributed by atoms with E-state index in [4.69, 9.17) is 0 Å². The Labute approximate surface area is 141 Å². The molecule has 0 spiro atoms. The van der Waals surface area contributed by atoms with Gasteiger partial charge in [-0.25, -0.2) is 0 Å². The first-order valence-corrected chi connectivity index (χ1v) is 8.78. The van der Waals surface area contributed by atoms with E-state index in [0.717, 1.165) is 19.3 Å². The molecule has 6 atom stereocenters. The van der Waals surface area contributed by atoms with E-state index in [2.05, 4.69) is 6.92 Å². The minimum absolute atomic E-state index is 0. The Balaban J connectivity index is 0.00000169. The van der Waals surface area contributed by atoms with Gasteiger partial charge in [-0.05, 0) is 43.1 Å². The van der Waals surface area contributed by atoms with Gasteiger partial charge in [0, 0.05) is 35.7 Å². The van der Waals surface area contributed by atoms with E-state index in [1.807, 2.05) is 6.92 Å². The molecule has 132 valence electrons. The molecule has 0 bridgehead atoms. The van der Waals surface area contributed by atoms with Gasteiger partial charge in [0.05, 0.1) is 6.10 Å². The molecule has 0 radical (unpaired) electrons. The first kappa shape index (κ1) is 17.5. The number of aliphatic hydroxyl groups excluding tert-OH is 1. The van der Waals surface area contributed by atoms with Crippen molar-refractivity contribution in [3.63, 3.8) is 0 Å². The minimum Gasteiger partial charge on any atom is -0.412 e. The quantitative estimate of drug-likeness (QED) is 0.723. The van der Waals surface area contributed by atoms with Gasteiger partial charge in [-0.3, -0.25) is 14.4 Å². The predicted octanol–water partition coefficient (Wildman–Crippen LogP) is 1.41. The second kappa shape index (κ2) is 5.33. The van der Waals surface area contributed by atoms with Crippen LogP contribution in [0.15, 0.2) is 11.6 Å².